The normalized spacial score (nSPS) is 10.4. The maximum absolute atomic E-state index is 12.1. The molecule has 0 saturated heterocycles. The van der Waals surface area contributed by atoms with Gasteiger partial charge in [0, 0.05) is 24.9 Å². The van der Waals surface area contributed by atoms with Crippen LogP contribution >= 0.6 is 0 Å². The molecule has 0 aromatic heterocycles. The third-order valence-corrected chi connectivity index (χ3v) is 3.71. The third-order valence-electron chi connectivity index (χ3n) is 3.71. The van der Waals surface area contributed by atoms with Gasteiger partial charge in [-0.3, -0.25) is 9.59 Å². The van der Waals surface area contributed by atoms with Crippen LogP contribution in [0.25, 0.3) is 6.08 Å². The van der Waals surface area contributed by atoms with E-state index in [0.29, 0.717) is 11.4 Å². The van der Waals surface area contributed by atoms with Gasteiger partial charge in [0.1, 0.15) is 5.75 Å². The van der Waals surface area contributed by atoms with Crippen LogP contribution in [-0.2, 0) is 19.1 Å². The smallest absolute Gasteiger partial charge is 0.331 e. The molecule has 2 amide bonds. The lowest BCUT2D eigenvalue weighted by molar-refractivity contribution is -0.148. The van der Waals surface area contributed by atoms with Gasteiger partial charge in [-0.15, -0.1) is 0 Å². The van der Waals surface area contributed by atoms with Crippen molar-refractivity contribution >= 4 is 29.5 Å². The molecule has 2 aromatic carbocycles. The SMILES string of the molecule is COc1cccc(NC(=O)CN(C)C(=O)COC(=O)/C=C/c2ccccc2)c1. The molecule has 0 fully saturated rings. The molecule has 0 aliphatic carbocycles. The molecule has 0 aliphatic rings. The number of anilines is 1. The van der Waals surface area contributed by atoms with Gasteiger partial charge in [-0.25, -0.2) is 4.79 Å². The van der Waals surface area contributed by atoms with E-state index in [1.165, 1.54) is 25.1 Å². The largest absolute Gasteiger partial charge is 0.497 e. The van der Waals surface area contributed by atoms with E-state index in [9.17, 15) is 14.4 Å². The number of esters is 1. The van der Waals surface area contributed by atoms with Crippen LogP contribution in [0.2, 0.25) is 0 Å². The Morgan fingerprint density at radius 1 is 1.07 bits per heavy atom. The number of hydrogen-bond donors (Lipinski definition) is 1. The highest BCUT2D eigenvalue weighted by Gasteiger charge is 2.14. The number of rotatable bonds is 8. The molecule has 7 heteroatoms. The summed E-state index contributed by atoms with van der Waals surface area (Å²) in [6, 6.07) is 16.1. The van der Waals surface area contributed by atoms with Crippen LogP contribution < -0.4 is 10.1 Å². The minimum absolute atomic E-state index is 0.173. The van der Waals surface area contributed by atoms with E-state index in [-0.39, 0.29) is 12.5 Å². The Morgan fingerprint density at radius 2 is 1.82 bits per heavy atom. The number of nitrogens with zero attached hydrogens (tertiary/aromatic N) is 1. The summed E-state index contributed by atoms with van der Waals surface area (Å²) in [6.45, 7) is -0.617. The second kappa shape index (κ2) is 10.5. The molecule has 0 atom stereocenters. The van der Waals surface area contributed by atoms with Crippen molar-refractivity contribution in [1.82, 2.24) is 4.90 Å². The van der Waals surface area contributed by atoms with Crippen LogP contribution in [0, 0.1) is 0 Å². The fraction of sp³-hybridized carbons (Fsp3) is 0.190. The predicted molar refractivity (Wildman–Crippen MR) is 106 cm³/mol. The van der Waals surface area contributed by atoms with E-state index in [1.807, 2.05) is 30.3 Å². The molecular weight excluding hydrogens is 360 g/mol. The van der Waals surface area contributed by atoms with Gasteiger partial charge in [-0.05, 0) is 23.8 Å². The lowest BCUT2D eigenvalue weighted by Gasteiger charge is -2.16. The zero-order valence-corrected chi connectivity index (χ0v) is 15.8. The van der Waals surface area contributed by atoms with Crippen molar-refractivity contribution in [3.8, 4) is 5.75 Å². The summed E-state index contributed by atoms with van der Waals surface area (Å²) in [7, 11) is 2.99. The number of nitrogens with one attached hydrogen (secondary N) is 1. The average molecular weight is 382 g/mol. The highest BCUT2D eigenvalue weighted by atomic mass is 16.5. The van der Waals surface area contributed by atoms with Crippen molar-refractivity contribution in [3.05, 3.63) is 66.2 Å². The molecule has 0 spiro atoms. The van der Waals surface area contributed by atoms with Crippen molar-refractivity contribution in [1.29, 1.82) is 0 Å². The molecular formula is C21H22N2O5. The highest BCUT2D eigenvalue weighted by Crippen LogP contribution is 2.16. The van der Waals surface area contributed by atoms with Gasteiger partial charge in [0.05, 0.1) is 13.7 Å². The quantitative estimate of drug-likeness (QED) is 0.560. The number of benzene rings is 2. The van der Waals surface area contributed by atoms with Crippen LogP contribution in [-0.4, -0.2) is 50.0 Å². The summed E-state index contributed by atoms with van der Waals surface area (Å²) in [5.74, 6) is -0.884. The molecule has 0 bridgehead atoms. The van der Waals surface area contributed by atoms with Crippen molar-refractivity contribution in [2.24, 2.45) is 0 Å². The van der Waals surface area contributed by atoms with Crippen molar-refractivity contribution in [2.75, 3.05) is 32.6 Å². The average Bonchev–Trinajstić information content (AvgIpc) is 2.71. The molecule has 0 saturated carbocycles. The number of carbonyl (C=O) groups excluding carboxylic acids is 3. The molecule has 0 heterocycles. The van der Waals surface area contributed by atoms with Crippen molar-refractivity contribution < 1.29 is 23.9 Å². The van der Waals surface area contributed by atoms with Gasteiger partial charge in [-0.2, -0.15) is 0 Å². The van der Waals surface area contributed by atoms with Gasteiger partial charge >= 0.3 is 5.97 Å². The maximum Gasteiger partial charge on any atom is 0.331 e. The van der Waals surface area contributed by atoms with Gasteiger partial charge in [0.15, 0.2) is 6.61 Å². The first kappa shape index (κ1) is 20.7. The zero-order chi connectivity index (χ0) is 20.4. The van der Waals surface area contributed by atoms with E-state index >= 15 is 0 Å². The second-order valence-corrected chi connectivity index (χ2v) is 5.88. The Balaban J connectivity index is 1.76. The summed E-state index contributed by atoms with van der Waals surface area (Å²) in [4.78, 5) is 37.0. The van der Waals surface area contributed by atoms with E-state index in [4.69, 9.17) is 9.47 Å². The Kier molecular flexibility index (Phi) is 7.77. The standard InChI is InChI=1S/C21H22N2O5/c1-23(14-19(24)22-17-9-6-10-18(13-17)27-2)20(25)15-28-21(26)12-11-16-7-4-3-5-8-16/h3-13H,14-15H2,1-2H3,(H,22,24)/b12-11+. The first-order chi connectivity index (χ1) is 13.5. The lowest BCUT2D eigenvalue weighted by Crippen LogP contribution is -2.37. The fourth-order valence-corrected chi connectivity index (χ4v) is 2.22. The molecule has 0 radical (unpaired) electrons. The minimum Gasteiger partial charge on any atom is -0.497 e. The van der Waals surface area contributed by atoms with E-state index in [1.54, 1.807) is 30.3 Å². The molecule has 7 nitrogen and oxygen atoms in total. The monoisotopic (exact) mass is 382 g/mol. The Labute approximate surface area is 163 Å². The molecule has 28 heavy (non-hydrogen) atoms. The van der Waals surface area contributed by atoms with Crippen molar-refractivity contribution in [2.45, 2.75) is 0 Å². The predicted octanol–water partition coefficient (Wildman–Crippen LogP) is 2.35. The Morgan fingerprint density at radius 3 is 2.54 bits per heavy atom. The third kappa shape index (κ3) is 6.95. The number of carbonyl (C=O) groups is 3. The molecule has 146 valence electrons. The Hall–Kier alpha value is -3.61. The Bertz CT molecular complexity index is 849. The summed E-state index contributed by atoms with van der Waals surface area (Å²) < 4.78 is 10.00. The maximum atomic E-state index is 12.1. The van der Waals surface area contributed by atoms with E-state index < -0.39 is 18.5 Å². The van der Waals surface area contributed by atoms with Crippen LogP contribution in [0.4, 0.5) is 5.69 Å². The lowest BCUT2D eigenvalue weighted by atomic mass is 10.2. The first-order valence-electron chi connectivity index (χ1n) is 8.55. The number of methoxy groups -OCH3 is 1. The summed E-state index contributed by atoms with van der Waals surface area (Å²) in [5, 5.41) is 2.67. The van der Waals surface area contributed by atoms with E-state index in [2.05, 4.69) is 5.32 Å². The number of amides is 2. The van der Waals surface area contributed by atoms with Gasteiger partial charge in [-0.1, -0.05) is 36.4 Å². The van der Waals surface area contributed by atoms with Gasteiger partial charge in [0.25, 0.3) is 5.91 Å². The van der Waals surface area contributed by atoms with Gasteiger partial charge < -0.3 is 19.7 Å². The number of hydrogen-bond acceptors (Lipinski definition) is 5. The topological polar surface area (TPSA) is 84.9 Å². The van der Waals surface area contributed by atoms with Crippen LogP contribution in [0.15, 0.2) is 60.7 Å². The molecule has 0 unspecified atom stereocenters. The van der Waals surface area contributed by atoms with Crippen LogP contribution in [0.1, 0.15) is 5.56 Å². The zero-order valence-electron chi connectivity index (χ0n) is 15.8. The first-order valence-corrected chi connectivity index (χ1v) is 8.55. The van der Waals surface area contributed by atoms with Gasteiger partial charge in [0.2, 0.25) is 5.91 Å². The second-order valence-electron chi connectivity index (χ2n) is 5.88. The number of ether oxygens (including phenoxy) is 2. The summed E-state index contributed by atoms with van der Waals surface area (Å²) >= 11 is 0. The highest BCUT2D eigenvalue weighted by molar-refractivity contribution is 5.95. The van der Waals surface area contributed by atoms with Crippen LogP contribution in [0.3, 0.4) is 0 Å². The fourth-order valence-electron chi connectivity index (χ4n) is 2.22. The molecule has 0 aliphatic heterocycles. The van der Waals surface area contributed by atoms with Crippen molar-refractivity contribution in [3.63, 3.8) is 0 Å². The van der Waals surface area contributed by atoms with E-state index in [0.717, 1.165) is 5.56 Å². The molecule has 2 aromatic rings. The summed E-state index contributed by atoms with van der Waals surface area (Å²) in [6.07, 6.45) is 2.84. The van der Waals surface area contributed by atoms with Crippen LogP contribution in [0.5, 0.6) is 5.75 Å². The summed E-state index contributed by atoms with van der Waals surface area (Å²) in [5.41, 5.74) is 1.40. The number of likely N-dealkylation sites (N-methyl/N-ethyl adjacent to an activating group) is 1. The molecule has 2 rings (SSSR count). The molecule has 1 N–H and O–H groups in total. The minimum atomic E-state index is -0.633.